The summed E-state index contributed by atoms with van der Waals surface area (Å²) in [6, 6.07) is 0. The minimum Gasteiger partial charge on any atom is -0.317 e. The van der Waals surface area contributed by atoms with Gasteiger partial charge in [0.2, 0.25) is 0 Å². The first-order chi connectivity index (χ1) is 8.36. The summed E-state index contributed by atoms with van der Waals surface area (Å²) in [7, 11) is -4.67. The molecule has 0 radical (unpaired) electrons. The molecule has 1 saturated heterocycles. The molecule has 1 fully saturated rings. The molecule has 102 valence electrons. The fraction of sp³-hybridized carbons (Fsp3) is 0.556. The number of aromatic nitrogens is 2. The lowest BCUT2D eigenvalue weighted by Gasteiger charge is -2.20. The predicted molar refractivity (Wildman–Crippen MR) is 66.1 cm³/mol. The number of hydrogen-bond donors (Lipinski definition) is 3. The number of halogens is 1. The van der Waals surface area contributed by atoms with Crippen LogP contribution in [0, 0.1) is 0 Å². The molecule has 0 amide bonds. The van der Waals surface area contributed by atoms with Gasteiger partial charge in [0.05, 0.1) is 5.02 Å². The van der Waals surface area contributed by atoms with E-state index in [1.807, 2.05) is 0 Å². The van der Waals surface area contributed by atoms with E-state index in [-0.39, 0.29) is 0 Å². The standard InChI is InChI=1S/C9H12ClN3.H2O4S/c10-8-5-12-9(13-6-8)7-1-3-11-4-2-7;1-5(2,3)4/h5-7,11H,1-4H2;(H2,1,2,3,4). The maximum absolute atomic E-state index is 8.74. The largest absolute Gasteiger partial charge is 0.394 e. The Morgan fingerprint density at radius 1 is 1.22 bits per heavy atom. The van der Waals surface area contributed by atoms with E-state index in [9.17, 15) is 0 Å². The lowest BCUT2D eigenvalue weighted by atomic mass is 9.97. The van der Waals surface area contributed by atoms with Crippen LogP contribution in [0.2, 0.25) is 5.02 Å². The van der Waals surface area contributed by atoms with Crippen LogP contribution in [-0.4, -0.2) is 40.6 Å². The van der Waals surface area contributed by atoms with Crippen LogP contribution in [0.1, 0.15) is 24.6 Å². The molecule has 1 aromatic rings. The molecule has 9 heteroatoms. The predicted octanol–water partition coefficient (Wildman–Crippen LogP) is 0.944. The number of hydrogen-bond acceptors (Lipinski definition) is 5. The Morgan fingerprint density at radius 3 is 2.11 bits per heavy atom. The molecule has 0 aliphatic carbocycles. The summed E-state index contributed by atoms with van der Waals surface area (Å²) in [4.78, 5) is 8.46. The minimum atomic E-state index is -4.67. The van der Waals surface area contributed by atoms with Gasteiger partial charge in [-0.05, 0) is 25.9 Å². The fourth-order valence-corrected chi connectivity index (χ4v) is 1.71. The number of nitrogens with zero attached hydrogens (tertiary/aromatic N) is 2. The van der Waals surface area contributed by atoms with Gasteiger partial charge in [0.15, 0.2) is 0 Å². The van der Waals surface area contributed by atoms with Crippen molar-refractivity contribution in [1.29, 1.82) is 0 Å². The van der Waals surface area contributed by atoms with Crippen LogP contribution in [0.5, 0.6) is 0 Å². The van der Waals surface area contributed by atoms with Crippen molar-refractivity contribution >= 4 is 22.0 Å². The van der Waals surface area contributed by atoms with Crippen LogP contribution in [-0.2, 0) is 10.4 Å². The van der Waals surface area contributed by atoms with E-state index in [1.54, 1.807) is 12.4 Å². The summed E-state index contributed by atoms with van der Waals surface area (Å²) in [5.41, 5.74) is 0. The SMILES string of the molecule is Clc1cnc(C2CCNCC2)nc1.O=S(=O)(O)O. The first kappa shape index (κ1) is 15.3. The van der Waals surface area contributed by atoms with Crippen molar-refractivity contribution in [2.75, 3.05) is 13.1 Å². The van der Waals surface area contributed by atoms with Crippen LogP contribution in [0.15, 0.2) is 12.4 Å². The van der Waals surface area contributed by atoms with Crippen molar-refractivity contribution in [3.05, 3.63) is 23.2 Å². The first-order valence-corrected chi connectivity index (χ1v) is 7.02. The van der Waals surface area contributed by atoms with Gasteiger partial charge < -0.3 is 5.32 Å². The third-order valence-corrected chi connectivity index (χ3v) is 2.54. The smallest absolute Gasteiger partial charge is 0.317 e. The van der Waals surface area contributed by atoms with E-state index in [0.29, 0.717) is 10.9 Å². The molecule has 1 aromatic heterocycles. The van der Waals surface area contributed by atoms with Gasteiger partial charge >= 0.3 is 10.4 Å². The van der Waals surface area contributed by atoms with E-state index >= 15 is 0 Å². The minimum absolute atomic E-state index is 0.513. The lowest BCUT2D eigenvalue weighted by molar-refractivity contribution is 0.381. The van der Waals surface area contributed by atoms with E-state index in [2.05, 4.69) is 15.3 Å². The van der Waals surface area contributed by atoms with Gasteiger partial charge in [-0.15, -0.1) is 0 Å². The topological polar surface area (TPSA) is 112 Å². The van der Waals surface area contributed by atoms with Crippen molar-refractivity contribution in [2.24, 2.45) is 0 Å². The fourth-order valence-electron chi connectivity index (χ4n) is 1.61. The lowest BCUT2D eigenvalue weighted by Crippen LogP contribution is -2.27. The second-order valence-electron chi connectivity index (χ2n) is 3.73. The summed E-state index contributed by atoms with van der Waals surface area (Å²) in [6.45, 7) is 2.13. The molecule has 0 atom stereocenters. The molecule has 0 spiro atoms. The highest BCUT2D eigenvalue weighted by molar-refractivity contribution is 7.79. The Hall–Kier alpha value is -0.800. The molecule has 18 heavy (non-hydrogen) atoms. The Bertz CT molecular complexity index is 451. The van der Waals surface area contributed by atoms with Gasteiger partial charge in [0.25, 0.3) is 0 Å². The summed E-state index contributed by atoms with van der Waals surface area (Å²) < 4.78 is 31.6. The molecule has 3 N–H and O–H groups in total. The molecule has 1 aliphatic heterocycles. The van der Waals surface area contributed by atoms with Crippen molar-refractivity contribution in [3.63, 3.8) is 0 Å². The maximum atomic E-state index is 8.74. The Morgan fingerprint density at radius 2 is 1.67 bits per heavy atom. The molecule has 1 aliphatic rings. The highest BCUT2D eigenvalue weighted by Gasteiger charge is 2.17. The molecular weight excluding hydrogens is 282 g/mol. The van der Waals surface area contributed by atoms with E-state index in [1.165, 1.54) is 0 Å². The van der Waals surface area contributed by atoms with Gasteiger partial charge in [-0.25, -0.2) is 9.97 Å². The summed E-state index contributed by atoms with van der Waals surface area (Å²) >= 11 is 5.71. The summed E-state index contributed by atoms with van der Waals surface area (Å²) in [5, 5.41) is 3.92. The first-order valence-electron chi connectivity index (χ1n) is 5.24. The van der Waals surface area contributed by atoms with Gasteiger partial charge in [-0.3, -0.25) is 9.11 Å². The van der Waals surface area contributed by atoms with Crippen molar-refractivity contribution < 1.29 is 17.5 Å². The molecule has 0 aromatic carbocycles. The van der Waals surface area contributed by atoms with Gasteiger partial charge in [0, 0.05) is 18.3 Å². The van der Waals surface area contributed by atoms with Crippen LogP contribution in [0.4, 0.5) is 0 Å². The van der Waals surface area contributed by atoms with Crippen molar-refractivity contribution in [1.82, 2.24) is 15.3 Å². The summed E-state index contributed by atoms with van der Waals surface area (Å²) in [6.07, 6.45) is 5.60. The third kappa shape index (κ3) is 6.82. The third-order valence-electron chi connectivity index (χ3n) is 2.34. The van der Waals surface area contributed by atoms with E-state index in [0.717, 1.165) is 31.8 Å². The monoisotopic (exact) mass is 295 g/mol. The van der Waals surface area contributed by atoms with Crippen LogP contribution in [0.3, 0.4) is 0 Å². The Labute approximate surface area is 110 Å². The second kappa shape index (κ2) is 6.95. The Kier molecular flexibility index (Phi) is 5.89. The van der Waals surface area contributed by atoms with Gasteiger partial charge in [-0.2, -0.15) is 8.42 Å². The highest BCUT2D eigenvalue weighted by Crippen LogP contribution is 2.21. The molecule has 7 nitrogen and oxygen atoms in total. The normalized spacial score (nSPS) is 16.8. The van der Waals surface area contributed by atoms with Crippen LogP contribution in [0.25, 0.3) is 0 Å². The average Bonchev–Trinajstić information content (AvgIpc) is 2.29. The molecule has 2 rings (SSSR count). The number of nitrogens with one attached hydrogen (secondary N) is 1. The molecule has 0 bridgehead atoms. The zero-order chi connectivity index (χ0) is 13.6. The van der Waals surface area contributed by atoms with Gasteiger partial charge in [0.1, 0.15) is 5.82 Å². The van der Waals surface area contributed by atoms with Crippen LogP contribution < -0.4 is 5.32 Å². The number of rotatable bonds is 1. The van der Waals surface area contributed by atoms with Crippen molar-refractivity contribution in [3.8, 4) is 0 Å². The Balaban J connectivity index is 0.000000280. The van der Waals surface area contributed by atoms with Crippen molar-refractivity contribution in [2.45, 2.75) is 18.8 Å². The molecule has 0 saturated carbocycles. The van der Waals surface area contributed by atoms with Gasteiger partial charge in [-0.1, -0.05) is 11.6 Å². The highest BCUT2D eigenvalue weighted by atomic mass is 35.5. The zero-order valence-corrected chi connectivity index (χ0v) is 11.0. The maximum Gasteiger partial charge on any atom is 0.394 e. The average molecular weight is 296 g/mol. The van der Waals surface area contributed by atoms with E-state index in [4.69, 9.17) is 29.1 Å². The quantitative estimate of drug-likeness (QED) is 0.661. The van der Waals surface area contributed by atoms with Crippen LogP contribution >= 0.6 is 11.6 Å². The van der Waals surface area contributed by atoms with E-state index < -0.39 is 10.4 Å². The summed E-state index contributed by atoms with van der Waals surface area (Å²) in [5.74, 6) is 1.45. The second-order valence-corrected chi connectivity index (χ2v) is 5.06. The molecule has 0 unspecified atom stereocenters. The zero-order valence-electron chi connectivity index (χ0n) is 9.45. The number of piperidine rings is 1. The molecule has 2 heterocycles. The molecular formula is C9H14ClN3O4S.